The molecule has 8 heteroatoms. The first-order valence-corrected chi connectivity index (χ1v) is 8.97. The third-order valence-corrected chi connectivity index (χ3v) is 5.53. The Morgan fingerprint density at radius 3 is 2.70 bits per heavy atom. The molecule has 0 bridgehead atoms. The Morgan fingerprint density at radius 2 is 2.07 bits per heavy atom. The molecule has 2 amide bonds. The van der Waals surface area contributed by atoms with Gasteiger partial charge in [-0.15, -0.1) is 12.4 Å². The summed E-state index contributed by atoms with van der Waals surface area (Å²) >= 11 is 0. The lowest BCUT2D eigenvalue weighted by molar-refractivity contribution is -0.135. The quantitative estimate of drug-likeness (QED) is 0.818. The first kappa shape index (κ1) is 21.4. The van der Waals surface area contributed by atoms with Gasteiger partial charge in [-0.3, -0.25) is 9.59 Å². The summed E-state index contributed by atoms with van der Waals surface area (Å²) in [5.41, 5.74) is 6.45. The molecule has 2 fully saturated rings. The van der Waals surface area contributed by atoms with Gasteiger partial charge in [-0.1, -0.05) is 12.1 Å². The van der Waals surface area contributed by atoms with E-state index in [1.54, 1.807) is 12.0 Å². The highest BCUT2D eigenvalue weighted by Crippen LogP contribution is 2.41. The number of nitrogens with two attached hydrogens (primary N) is 1. The van der Waals surface area contributed by atoms with E-state index in [0.717, 1.165) is 24.2 Å². The number of likely N-dealkylation sites (tertiary alicyclic amines) is 2. The number of carbonyl (C=O) groups is 2. The molecule has 2 aliphatic rings. The third kappa shape index (κ3) is 4.71. The zero-order valence-corrected chi connectivity index (χ0v) is 16.3. The molecule has 1 unspecified atom stereocenters. The van der Waals surface area contributed by atoms with Crippen molar-refractivity contribution in [2.45, 2.75) is 31.8 Å². The number of benzene rings is 1. The number of methoxy groups -OCH3 is 1. The topological polar surface area (TPSA) is 75.9 Å². The van der Waals surface area contributed by atoms with Crippen molar-refractivity contribution < 1.29 is 18.7 Å². The lowest BCUT2D eigenvalue weighted by Crippen LogP contribution is -2.50. The number of nitrogens with zero attached hydrogens (tertiary/aromatic N) is 2. The number of hydrogen-bond acceptors (Lipinski definition) is 4. The van der Waals surface area contributed by atoms with Crippen LogP contribution in [0.4, 0.5) is 4.39 Å². The molecule has 6 nitrogen and oxygen atoms in total. The Bertz CT molecular complexity index is 680. The normalized spacial score (nSPS) is 19.7. The average molecular weight is 400 g/mol. The molecule has 0 aliphatic carbocycles. The number of piperidine rings is 1. The van der Waals surface area contributed by atoms with E-state index < -0.39 is 12.7 Å². The molecule has 1 atom stereocenters. The summed E-state index contributed by atoms with van der Waals surface area (Å²) in [6, 6.07) is 6.66. The van der Waals surface area contributed by atoms with E-state index in [4.69, 9.17) is 10.5 Å². The molecular weight excluding hydrogens is 373 g/mol. The van der Waals surface area contributed by atoms with Crippen molar-refractivity contribution in [2.75, 3.05) is 33.4 Å². The molecule has 0 saturated carbocycles. The summed E-state index contributed by atoms with van der Waals surface area (Å²) in [4.78, 5) is 28.1. The first-order valence-electron chi connectivity index (χ1n) is 8.97. The van der Waals surface area contributed by atoms with Crippen molar-refractivity contribution in [3.8, 4) is 5.75 Å². The predicted octanol–water partition coefficient (Wildman–Crippen LogP) is 1.75. The van der Waals surface area contributed by atoms with Gasteiger partial charge in [0, 0.05) is 38.0 Å². The second-order valence-corrected chi connectivity index (χ2v) is 7.36. The number of halogens is 2. The lowest BCUT2D eigenvalue weighted by atomic mass is 9.77. The maximum Gasteiger partial charge on any atom is 0.242 e. The lowest BCUT2D eigenvalue weighted by Gasteiger charge is -2.39. The predicted molar refractivity (Wildman–Crippen MR) is 102 cm³/mol. The van der Waals surface area contributed by atoms with Gasteiger partial charge >= 0.3 is 0 Å². The van der Waals surface area contributed by atoms with E-state index in [9.17, 15) is 14.0 Å². The summed E-state index contributed by atoms with van der Waals surface area (Å²) in [6.07, 6.45) is 2.00. The average Bonchev–Trinajstić information content (AvgIpc) is 2.96. The van der Waals surface area contributed by atoms with E-state index in [1.165, 1.54) is 0 Å². The summed E-state index contributed by atoms with van der Waals surface area (Å²) < 4.78 is 17.9. The van der Waals surface area contributed by atoms with Crippen molar-refractivity contribution in [3.63, 3.8) is 0 Å². The van der Waals surface area contributed by atoms with E-state index >= 15 is 0 Å². The van der Waals surface area contributed by atoms with Crippen LogP contribution in [-0.2, 0) is 16.1 Å². The minimum Gasteiger partial charge on any atom is -0.497 e. The maximum atomic E-state index is 12.6. The molecule has 0 aromatic heterocycles. The minimum atomic E-state index is -1.07. The van der Waals surface area contributed by atoms with Crippen LogP contribution in [0.2, 0.25) is 0 Å². The van der Waals surface area contributed by atoms with E-state index in [1.807, 2.05) is 29.2 Å². The third-order valence-electron chi connectivity index (χ3n) is 5.53. The molecule has 2 N–H and O–H groups in total. The van der Waals surface area contributed by atoms with E-state index in [-0.39, 0.29) is 29.6 Å². The van der Waals surface area contributed by atoms with Crippen molar-refractivity contribution in [1.82, 2.24) is 9.80 Å². The zero-order valence-electron chi connectivity index (χ0n) is 15.5. The van der Waals surface area contributed by atoms with Crippen molar-refractivity contribution in [3.05, 3.63) is 29.8 Å². The molecular formula is C19H27ClFN3O3. The fourth-order valence-corrected chi connectivity index (χ4v) is 3.95. The number of hydrogen-bond donors (Lipinski definition) is 1. The highest BCUT2D eigenvalue weighted by molar-refractivity contribution is 5.85. The molecule has 0 radical (unpaired) electrons. The molecule has 2 saturated heterocycles. The Morgan fingerprint density at radius 1 is 1.37 bits per heavy atom. The number of rotatable bonds is 5. The number of alkyl halides is 1. The van der Waals surface area contributed by atoms with Crippen LogP contribution in [0.5, 0.6) is 5.75 Å². The standard InChI is InChI=1S/C19H26FN3O3.ClH/c1-26-15-4-2-3-14(9-15)12-23-13-19(10-17(23)24)5-7-22(8-6-19)18(25)16(21)11-20;/h2-4,9,16H,5-8,10-13,21H2,1H3;1H. The van der Waals surface area contributed by atoms with Gasteiger partial charge in [0.25, 0.3) is 0 Å². The molecule has 2 aliphatic heterocycles. The van der Waals surface area contributed by atoms with Gasteiger partial charge in [-0.05, 0) is 30.5 Å². The first-order chi connectivity index (χ1) is 12.5. The van der Waals surface area contributed by atoms with Gasteiger partial charge in [0.15, 0.2) is 0 Å². The van der Waals surface area contributed by atoms with Gasteiger partial charge in [0.1, 0.15) is 18.5 Å². The molecule has 150 valence electrons. The van der Waals surface area contributed by atoms with Gasteiger partial charge in [-0.2, -0.15) is 0 Å². The Labute approximate surface area is 165 Å². The maximum absolute atomic E-state index is 12.6. The second kappa shape index (κ2) is 8.89. The summed E-state index contributed by atoms with van der Waals surface area (Å²) in [6.45, 7) is 1.49. The highest BCUT2D eigenvalue weighted by atomic mass is 35.5. The summed E-state index contributed by atoms with van der Waals surface area (Å²) in [5, 5.41) is 0. The van der Waals surface area contributed by atoms with Crippen molar-refractivity contribution in [1.29, 1.82) is 0 Å². The van der Waals surface area contributed by atoms with Crippen LogP contribution in [0.25, 0.3) is 0 Å². The van der Waals surface area contributed by atoms with Gasteiger partial charge in [-0.25, -0.2) is 4.39 Å². The van der Waals surface area contributed by atoms with Crippen LogP contribution < -0.4 is 10.5 Å². The highest BCUT2D eigenvalue weighted by Gasteiger charge is 2.45. The summed E-state index contributed by atoms with van der Waals surface area (Å²) in [5.74, 6) is 0.591. The summed E-state index contributed by atoms with van der Waals surface area (Å²) in [7, 11) is 1.62. The van der Waals surface area contributed by atoms with Crippen molar-refractivity contribution in [2.24, 2.45) is 11.1 Å². The van der Waals surface area contributed by atoms with Gasteiger partial charge in [0.05, 0.1) is 7.11 Å². The zero-order chi connectivity index (χ0) is 18.7. The Hall–Kier alpha value is -1.86. The molecule has 1 spiro atoms. The Kier molecular flexibility index (Phi) is 7.06. The van der Waals surface area contributed by atoms with Crippen LogP contribution in [0, 0.1) is 5.41 Å². The van der Waals surface area contributed by atoms with Gasteiger partial charge in [0.2, 0.25) is 11.8 Å². The van der Waals surface area contributed by atoms with E-state index in [2.05, 4.69) is 0 Å². The van der Waals surface area contributed by atoms with Crippen LogP contribution >= 0.6 is 12.4 Å². The van der Waals surface area contributed by atoms with Crippen molar-refractivity contribution >= 4 is 24.2 Å². The molecule has 2 heterocycles. The fraction of sp³-hybridized carbons (Fsp3) is 0.579. The monoisotopic (exact) mass is 399 g/mol. The van der Waals surface area contributed by atoms with Crippen LogP contribution in [0.15, 0.2) is 24.3 Å². The number of amides is 2. The SMILES string of the molecule is COc1cccc(CN2CC3(CCN(C(=O)C(N)CF)CC3)CC2=O)c1.Cl. The van der Waals surface area contributed by atoms with E-state index in [0.29, 0.717) is 32.6 Å². The second-order valence-electron chi connectivity index (χ2n) is 7.36. The van der Waals surface area contributed by atoms with Gasteiger partial charge < -0.3 is 20.3 Å². The smallest absolute Gasteiger partial charge is 0.242 e. The fourth-order valence-electron chi connectivity index (χ4n) is 3.95. The molecule has 27 heavy (non-hydrogen) atoms. The molecule has 3 rings (SSSR count). The largest absolute Gasteiger partial charge is 0.497 e. The van der Waals surface area contributed by atoms with Crippen LogP contribution in [-0.4, -0.2) is 61.1 Å². The number of ether oxygens (including phenoxy) is 1. The minimum absolute atomic E-state index is 0. The van der Waals surface area contributed by atoms with Crippen LogP contribution in [0.1, 0.15) is 24.8 Å². The Balaban J connectivity index is 0.00000261. The molecule has 1 aromatic rings. The number of carbonyl (C=O) groups excluding carboxylic acids is 2. The van der Waals surface area contributed by atoms with Crippen LogP contribution in [0.3, 0.4) is 0 Å². The molecule has 1 aromatic carbocycles.